The molecule has 2 N–H and O–H groups in total. The lowest BCUT2D eigenvalue weighted by atomic mass is 9.64. The second kappa shape index (κ2) is 8.82. The van der Waals surface area contributed by atoms with E-state index in [1.165, 1.54) is 0 Å². The van der Waals surface area contributed by atoms with E-state index in [9.17, 15) is 23.1 Å². The molecule has 1 aliphatic heterocycles. The Morgan fingerprint density at radius 2 is 2.09 bits per heavy atom. The molecule has 9 heteroatoms. The summed E-state index contributed by atoms with van der Waals surface area (Å²) in [6.07, 6.45) is -3.61. The van der Waals surface area contributed by atoms with Crippen LogP contribution in [0.15, 0.2) is 24.4 Å². The Bertz CT molecular complexity index is 845. The Hall–Kier alpha value is -1.71. The summed E-state index contributed by atoms with van der Waals surface area (Å²) >= 11 is 0. The predicted molar refractivity (Wildman–Crippen MR) is 116 cm³/mol. The van der Waals surface area contributed by atoms with Crippen LogP contribution in [0.2, 0.25) is 0 Å². The lowest BCUT2D eigenvalue weighted by Crippen LogP contribution is -2.61. The third kappa shape index (κ3) is 5.35. The van der Waals surface area contributed by atoms with Crippen LogP contribution in [0, 0.1) is 22.7 Å². The molecular weight excluding hydrogens is 435 g/mol. The van der Waals surface area contributed by atoms with Crippen LogP contribution < -0.4 is 5.32 Å². The highest BCUT2D eigenvalue weighted by atomic mass is 19.4. The Morgan fingerprint density at radius 1 is 1.33 bits per heavy atom. The molecule has 3 bridgehead atoms. The number of nitrogens with zero attached hydrogens (tertiary/aromatic N) is 2. The van der Waals surface area contributed by atoms with Gasteiger partial charge in [0.15, 0.2) is 0 Å². The zero-order chi connectivity index (χ0) is 24.0. The number of aliphatic hydroxyl groups is 1. The fourth-order valence-corrected chi connectivity index (χ4v) is 6.15. The summed E-state index contributed by atoms with van der Waals surface area (Å²) in [6.45, 7) is 6.76. The lowest BCUT2D eigenvalue weighted by molar-refractivity contribution is -0.186. The van der Waals surface area contributed by atoms with Crippen LogP contribution in [0.25, 0.3) is 0 Å². The number of hydrogen-bond donors (Lipinski definition) is 2. The van der Waals surface area contributed by atoms with Gasteiger partial charge in [-0.25, -0.2) is 0 Å². The Morgan fingerprint density at radius 3 is 2.73 bits per heavy atom. The van der Waals surface area contributed by atoms with E-state index in [1.54, 1.807) is 11.1 Å². The first kappa shape index (κ1) is 24.4. The maximum absolute atomic E-state index is 13.0. The zero-order valence-electron chi connectivity index (χ0n) is 19.4. The first-order valence-corrected chi connectivity index (χ1v) is 11.7. The number of hydrogen-bond acceptors (Lipinski definition) is 6. The molecule has 2 saturated carbocycles. The molecule has 2 aliphatic carbocycles. The largest absolute Gasteiger partial charge is 0.462 e. The molecule has 3 fully saturated rings. The van der Waals surface area contributed by atoms with Crippen molar-refractivity contribution in [3.63, 3.8) is 0 Å². The number of nitrogens with one attached hydrogen (secondary N) is 1. The number of halogens is 3. The zero-order valence-corrected chi connectivity index (χ0v) is 19.4. The highest BCUT2D eigenvalue weighted by Gasteiger charge is 2.62. The number of aromatic nitrogens is 1. The summed E-state index contributed by atoms with van der Waals surface area (Å²) in [5.41, 5.74) is -0.117. The molecule has 5 unspecified atom stereocenters. The molecule has 0 aromatic carbocycles. The van der Waals surface area contributed by atoms with Gasteiger partial charge in [0.05, 0.1) is 17.5 Å². The lowest BCUT2D eigenvalue weighted by Gasteiger charge is -2.53. The van der Waals surface area contributed by atoms with Crippen molar-refractivity contribution in [1.29, 1.82) is 0 Å². The van der Waals surface area contributed by atoms with E-state index in [2.05, 4.69) is 10.3 Å². The average Bonchev–Trinajstić information content (AvgIpc) is 2.89. The maximum Gasteiger partial charge on any atom is 0.392 e. The number of piperidine rings is 1. The van der Waals surface area contributed by atoms with Gasteiger partial charge in [0.25, 0.3) is 0 Å². The smallest absolute Gasteiger partial charge is 0.392 e. The van der Waals surface area contributed by atoms with Crippen LogP contribution in [0.3, 0.4) is 0 Å². The maximum atomic E-state index is 13.0. The van der Waals surface area contributed by atoms with Crippen molar-refractivity contribution in [1.82, 2.24) is 15.2 Å². The fourth-order valence-electron chi connectivity index (χ4n) is 6.15. The third-order valence-electron chi connectivity index (χ3n) is 7.42. The van der Waals surface area contributed by atoms with Crippen molar-refractivity contribution >= 4 is 5.97 Å². The van der Waals surface area contributed by atoms with Crippen molar-refractivity contribution in [2.45, 2.75) is 77.5 Å². The second-order valence-electron chi connectivity index (χ2n) is 11.1. The molecule has 1 saturated heterocycles. The highest BCUT2D eigenvalue weighted by molar-refractivity contribution is 5.75. The number of carbonyl (C=O) groups excluding carboxylic acids is 1. The fraction of sp³-hybridized carbons (Fsp3) is 0.750. The third-order valence-corrected chi connectivity index (χ3v) is 7.42. The van der Waals surface area contributed by atoms with Crippen LogP contribution in [-0.4, -0.2) is 58.6 Å². The molecule has 184 valence electrons. The summed E-state index contributed by atoms with van der Waals surface area (Å²) in [5.74, 6) is -0.0121. The molecule has 3 aliphatic rings. The van der Waals surface area contributed by atoms with Gasteiger partial charge in [0.1, 0.15) is 12.3 Å². The molecule has 33 heavy (non-hydrogen) atoms. The van der Waals surface area contributed by atoms with Gasteiger partial charge in [-0.3, -0.25) is 14.7 Å². The minimum atomic E-state index is -4.43. The van der Waals surface area contributed by atoms with Crippen LogP contribution in [-0.2, 0) is 16.1 Å². The standard InChI is InChI=1S/C24H34F3N3O3/c1-22(2,3)21(32)33-18-10-23-9-15(13-30(14-23)19(31)11-24(25,26)27)8-17(18)20(23)29-12-16-6-4-5-7-28-16/h4-7,15,17-20,29,31H,8-14H2,1-3H3/t15?,17?,18-,19?,20?,23?/m1/s1. The summed E-state index contributed by atoms with van der Waals surface area (Å²) < 4.78 is 44.9. The monoisotopic (exact) mass is 469 g/mol. The van der Waals surface area contributed by atoms with E-state index >= 15 is 0 Å². The van der Waals surface area contributed by atoms with Crippen LogP contribution in [0.1, 0.15) is 52.1 Å². The topological polar surface area (TPSA) is 74.7 Å². The molecule has 2 heterocycles. The molecular formula is C24H34F3N3O3. The number of carbonyl (C=O) groups is 1. The number of aliphatic hydroxyl groups excluding tert-OH is 1. The molecule has 6 atom stereocenters. The van der Waals surface area contributed by atoms with Crippen molar-refractivity contribution < 1.29 is 27.8 Å². The number of likely N-dealkylation sites (tertiary alicyclic amines) is 1. The van der Waals surface area contributed by atoms with Crippen LogP contribution in [0.4, 0.5) is 13.2 Å². The van der Waals surface area contributed by atoms with Gasteiger partial charge in [0.2, 0.25) is 0 Å². The average molecular weight is 470 g/mol. The molecule has 1 aromatic rings. The number of ether oxygens (including phenoxy) is 1. The van der Waals surface area contributed by atoms with Gasteiger partial charge in [-0.05, 0) is 58.1 Å². The highest BCUT2D eigenvalue weighted by Crippen LogP contribution is 2.57. The molecule has 0 amide bonds. The Labute approximate surface area is 192 Å². The predicted octanol–water partition coefficient (Wildman–Crippen LogP) is 3.50. The second-order valence-corrected chi connectivity index (χ2v) is 11.1. The summed E-state index contributed by atoms with van der Waals surface area (Å²) in [4.78, 5) is 18.6. The van der Waals surface area contributed by atoms with Crippen LogP contribution >= 0.6 is 0 Å². The van der Waals surface area contributed by atoms with Crippen molar-refractivity contribution in [2.75, 3.05) is 13.1 Å². The summed E-state index contributed by atoms with van der Waals surface area (Å²) in [7, 11) is 0. The van der Waals surface area contributed by atoms with Crippen molar-refractivity contribution in [3.05, 3.63) is 30.1 Å². The van der Waals surface area contributed by atoms with E-state index in [4.69, 9.17) is 4.74 Å². The van der Waals surface area contributed by atoms with E-state index in [0.717, 1.165) is 18.5 Å². The quantitative estimate of drug-likeness (QED) is 0.622. The Kier molecular flexibility index (Phi) is 6.52. The van der Waals surface area contributed by atoms with Gasteiger partial charge < -0.3 is 15.2 Å². The number of alkyl halides is 3. The number of rotatable bonds is 6. The molecule has 1 spiro atoms. The number of pyridine rings is 1. The molecule has 1 aromatic heterocycles. The van der Waals surface area contributed by atoms with E-state index < -0.39 is 24.2 Å². The number of fused-ring (bicyclic) bond motifs is 2. The van der Waals surface area contributed by atoms with Gasteiger partial charge in [0, 0.05) is 43.2 Å². The van der Waals surface area contributed by atoms with E-state index in [0.29, 0.717) is 26.1 Å². The Balaban J connectivity index is 1.57. The first-order valence-electron chi connectivity index (χ1n) is 11.7. The van der Waals surface area contributed by atoms with Crippen LogP contribution in [0.5, 0.6) is 0 Å². The van der Waals surface area contributed by atoms with E-state index in [1.807, 2.05) is 39.0 Å². The summed E-state index contributed by atoms with van der Waals surface area (Å²) in [6, 6.07) is 5.65. The first-order chi connectivity index (χ1) is 15.4. The molecule has 0 radical (unpaired) electrons. The molecule has 6 nitrogen and oxygen atoms in total. The minimum Gasteiger partial charge on any atom is -0.462 e. The SMILES string of the molecule is CC(C)(C)C(=O)O[C@@H]1CC23CC(CC1C2NCc1ccccn1)CN(C(O)CC(F)(F)F)C3. The normalized spacial score (nSPS) is 33.1. The number of esters is 1. The molecule has 4 rings (SSSR count). The minimum absolute atomic E-state index is 0.0330. The van der Waals surface area contributed by atoms with Gasteiger partial charge in [-0.15, -0.1) is 0 Å². The van der Waals surface area contributed by atoms with Crippen molar-refractivity contribution in [3.8, 4) is 0 Å². The van der Waals surface area contributed by atoms with E-state index in [-0.39, 0.29) is 35.4 Å². The van der Waals surface area contributed by atoms with Gasteiger partial charge in [-0.1, -0.05) is 6.07 Å². The van der Waals surface area contributed by atoms with Gasteiger partial charge in [-0.2, -0.15) is 13.2 Å². The van der Waals surface area contributed by atoms with Crippen molar-refractivity contribution in [2.24, 2.45) is 22.7 Å². The summed E-state index contributed by atoms with van der Waals surface area (Å²) in [5, 5.41) is 14.0. The van der Waals surface area contributed by atoms with Gasteiger partial charge >= 0.3 is 12.1 Å².